The number of tetrazole rings is 1. The Hall–Kier alpha value is -3.30. The highest BCUT2D eigenvalue weighted by Crippen LogP contribution is 2.35. The lowest BCUT2D eigenvalue weighted by molar-refractivity contribution is -0.120. The molecule has 4 rings (SSSR count). The zero-order valence-corrected chi connectivity index (χ0v) is 20.7. The van der Waals surface area contributed by atoms with Gasteiger partial charge in [0.1, 0.15) is 0 Å². The van der Waals surface area contributed by atoms with E-state index < -0.39 is 5.54 Å². The van der Waals surface area contributed by atoms with Gasteiger partial charge in [0.05, 0.1) is 24.4 Å². The minimum Gasteiger partial charge on any atom is -0.382 e. The number of hydrogen-bond acceptors (Lipinski definition) is 6. The highest BCUT2D eigenvalue weighted by Gasteiger charge is 2.43. The summed E-state index contributed by atoms with van der Waals surface area (Å²) in [6, 6.07) is 19.2. The van der Waals surface area contributed by atoms with Crippen LogP contribution in [-0.4, -0.2) is 69.0 Å². The first-order valence-electron chi connectivity index (χ1n) is 12.2. The van der Waals surface area contributed by atoms with Crippen molar-refractivity contribution >= 4 is 11.6 Å². The lowest BCUT2D eigenvalue weighted by Gasteiger charge is -2.49. The molecule has 1 aliphatic heterocycles. The molecule has 1 fully saturated rings. The number of para-hydroxylation sites is 2. The van der Waals surface area contributed by atoms with Gasteiger partial charge in [-0.2, -0.15) is 9.36 Å². The van der Waals surface area contributed by atoms with E-state index in [-0.39, 0.29) is 17.6 Å². The standard InChI is InChI=1S/C26H34N6O3/c1-4-24(33)31(22-11-7-5-8-12-22)26(20-35-3)15-17-29(18-16-26)21(2)19-30-25(34)32(28-27-30)23-13-9-6-10-14-23/h5-14,21H,4,15-20H2,1-3H3. The van der Waals surface area contributed by atoms with Crippen LogP contribution in [0, 0.1) is 0 Å². The molecule has 1 amide bonds. The summed E-state index contributed by atoms with van der Waals surface area (Å²) < 4.78 is 8.40. The molecule has 2 aromatic carbocycles. The normalized spacial score (nSPS) is 16.7. The van der Waals surface area contributed by atoms with E-state index in [0.29, 0.717) is 25.3 Å². The second-order valence-corrected chi connectivity index (χ2v) is 9.15. The topological polar surface area (TPSA) is 85.5 Å². The Bertz CT molecular complexity index is 1150. The molecule has 1 unspecified atom stereocenters. The monoisotopic (exact) mass is 478 g/mol. The van der Waals surface area contributed by atoms with E-state index in [2.05, 4.69) is 22.3 Å². The fourth-order valence-electron chi connectivity index (χ4n) is 4.99. The van der Waals surface area contributed by atoms with Gasteiger partial charge < -0.3 is 9.64 Å². The first kappa shape index (κ1) is 24.8. The molecule has 0 N–H and O–H groups in total. The van der Waals surface area contributed by atoms with E-state index in [1.807, 2.05) is 72.5 Å². The number of nitrogens with zero attached hydrogens (tertiary/aromatic N) is 6. The number of benzene rings is 2. The van der Waals surface area contributed by atoms with Crippen molar-refractivity contribution in [2.45, 2.75) is 51.2 Å². The quantitative estimate of drug-likeness (QED) is 0.470. The van der Waals surface area contributed by atoms with Crippen molar-refractivity contribution in [1.29, 1.82) is 0 Å². The van der Waals surface area contributed by atoms with Gasteiger partial charge >= 0.3 is 5.69 Å². The Kier molecular flexibility index (Phi) is 7.77. The van der Waals surface area contributed by atoms with Gasteiger partial charge in [0.2, 0.25) is 5.91 Å². The molecule has 1 atom stereocenters. The maximum absolute atomic E-state index is 13.1. The number of carbonyl (C=O) groups excluding carboxylic acids is 1. The molecule has 35 heavy (non-hydrogen) atoms. The van der Waals surface area contributed by atoms with E-state index in [9.17, 15) is 9.59 Å². The predicted octanol–water partition coefficient (Wildman–Crippen LogP) is 2.74. The van der Waals surface area contributed by atoms with Gasteiger partial charge in [0.25, 0.3) is 0 Å². The minimum absolute atomic E-state index is 0.0845. The summed E-state index contributed by atoms with van der Waals surface area (Å²) in [4.78, 5) is 30.3. The maximum atomic E-state index is 13.1. The Morgan fingerprint density at radius 1 is 1.06 bits per heavy atom. The van der Waals surface area contributed by atoms with Gasteiger partial charge in [0, 0.05) is 38.3 Å². The third-order valence-electron chi connectivity index (χ3n) is 6.88. The number of methoxy groups -OCH3 is 1. The number of piperidine rings is 1. The van der Waals surface area contributed by atoms with Gasteiger partial charge in [-0.3, -0.25) is 9.69 Å². The van der Waals surface area contributed by atoms with Crippen molar-refractivity contribution in [2.24, 2.45) is 0 Å². The van der Waals surface area contributed by atoms with Gasteiger partial charge in [-0.15, -0.1) is 0 Å². The number of hydrogen-bond donors (Lipinski definition) is 0. The van der Waals surface area contributed by atoms with Crippen molar-refractivity contribution in [3.63, 3.8) is 0 Å². The summed E-state index contributed by atoms with van der Waals surface area (Å²) in [5, 5.41) is 8.16. The van der Waals surface area contributed by atoms with Crippen molar-refractivity contribution in [3.8, 4) is 5.69 Å². The first-order valence-corrected chi connectivity index (χ1v) is 12.2. The average Bonchev–Trinajstić information content (AvgIpc) is 3.25. The average molecular weight is 479 g/mol. The predicted molar refractivity (Wildman–Crippen MR) is 135 cm³/mol. The molecule has 0 spiro atoms. The smallest absolute Gasteiger partial charge is 0.368 e. The maximum Gasteiger partial charge on any atom is 0.368 e. The third kappa shape index (κ3) is 5.21. The molecule has 9 heteroatoms. The minimum atomic E-state index is -0.410. The second kappa shape index (κ2) is 11.0. The molecular formula is C26H34N6O3. The van der Waals surface area contributed by atoms with Gasteiger partial charge in [-0.05, 0) is 54.5 Å². The Morgan fingerprint density at radius 2 is 1.69 bits per heavy atom. The zero-order chi connectivity index (χ0) is 24.8. The van der Waals surface area contributed by atoms with Crippen LogP contribution in [-0.2, 0) is 16.1 Å². The van der Waals surface area contributed by atoms with Crippen LogP contribution in [0.2, 0.25) is 0 Å². The second-order valence-electron chi connectivity index (χ2n) is 9.15. The van der Waals surface area contributed by atoms with Gasteiger partial charge in [-0.25, -0.2) is 4.79 Å². The van der Waals surface area contributed by atoms with E-state index >= 15 is 0 Å². The number of amides is 1. The summed E-state index contributed by atoms with van der Waals surface area (Å²) in [6.07, 6.45) is 1.98. The number of carbonyl (C=O) groups is 1. The van der Waals surface area contributed by atoms with E-state index in [1.165, 1.54) is 9.36 Å². The van der Waals surface area contributed by atoms with Crippen molar-refractivity contribution in [1.82, 2.24) is 24.7 Å². The molecule has 3 aromatic rings. The summed E-state index contributed by atoms with van der Waals surface area (Å²) in [5.74, 6) is 0.0961. The van der Waals surface area contributed by atoms with Crippen LogP contribution in [0.1, 0.15) is 33.1 Å². The van der Waals surface area contributed by atoms with E-state index in [1.54, 1.807) is 7.11 Å². The summed E-state index contributed by atoms with van der Waals surface area (Å²) in [5.41, 5.74) is 0.937. The van der Waals surface area contributed by atoms with Crippen LogP contribution in [0.25, 0.3) is 5.69 Å². The molecular weight excluding hydrogens is 444 g/mol. The number of anilines is 1. The summed E-state index contributed by atoms with van der Waals surface area (Å²) in [6.45, 7) is 6.48. The molecule has 0 radical (unpaired) electrons. The molecule has 1 aromatic heterocycles. The number of aromatic nitrogens is 4. The highest BCUT2D eigenvalue weighted by atomic mass is 16.5. The van der Waals surface area contributed by atoms with Crippen LogP contribution in [0.15, 0.2) is 65.5 Å². The van der Waals surface area contributed by atoms with Crippen LogP contribution < -0.4 is 10.6 Å². The fourth-order valence-corrected chi connectivity index (χ4v) is 4.99. The first-order chi connectivity index (χ1) is 17.0. The summed E-state index contributed by atoms with van der Waals surface area (Å²) in [7, 11) is 1.69. The Morgan fingerprint density at radius 3 is 2.29 bits per heavy atom. The SMILES string of the molecule is CCC(=O)N(c1ccccc1)C1(COC)CCN(C(C)Cn2nnn(-c3ccccc3)c2=O)CC1. The van der Waals surface area contributed by atoms with E-state index in [0.717, 1.165) is 31.6 Å². The largest absolute Gasteiger partial charge is 0.382 e. The van der Waals surface area contributed by atoms with Crippen molar-refractivity contribution in [2.75, 3.05) is 31.7 Å². The molecule has 1 aliphatic rings. The number of likely N-dealkylation sites (tertiary alicyclic amines) is 1. The summed E-state index contributed by atoms with van der Waals surface area (Å²) >= 11 is 0. The highest BCUT2D eigenvalue weighted by molar-refractivity contribution is 5.94. The number of ether oxygens (including phenoxy) is 1. The lowest BCUT2D eigenvalue weighted by Crippen LogP contribution is -2.61. The van der Waals surface area contributed by atoms with Gasteiger partial charge in [0.15, 0.2) is 0 Å². The third-order valence-corrected chi connectivity index (χ3v) is 6.88. The Labute approximate surface area is 205 Å². The Balaban J connectivity index is 1.48. The molecule has 186 valence electrons. The van der Waals surface area contributed by atoms with Crippen LogP contribution in [0.5, 0.6) is 0 Å². The molecule has 1 saturated heterocycles. The molecule has 0 saturated carbocycles. The zero-order valence-electron chi connectivity index (χ0n) is 20.7. The fraction of sp³-hybridized carbons (Fsp3) is 0.462. The lowest BCUT2D eigenvalue weighted by atomic mass is 9.84. The number of rotatable bonds is 9. The van der Waals surface area contributed by atoms with Crippen LogP contribution >= 0.6 is 0 Å². The van der Waals surface area contributed by atoms with Crippen molar-refractivity contribution < 1.29 is 9.53 Å². The van der Waals surface area contributed by atoms with Crippen LogP contribution in [0.4, 0.5) is 5.69 Å². The molecule has 2 heterocycles. The van der Waals surface area contributed by atoms with Crippen LogP contribution in [0.3, 0.4) is 0 Å². The van der Waals surface area contributed by atoms with Gasteiger partial charge in [-0.1, -0.05) is 43.3 Å². The molecule has 0 aliphatic carbocycles. The van der Waals surface area contributed by atoms with Crippen molar-refractivity contribution in [3.05, 3.63) is 71.1 Å². The molecule has 9 nitrogen and oxygen atoms in total. The molecule has 0 bridgehead atoms. The van der Waals surface area contributed by atoms with E-state index in [4.69, 9.17) is 4.74 Å².